The maximum Gasteiger partial charge on any atom is 0.306 e. The molecule has 3 rings (SSSR count). The second-order valence-electron chi connectivity index (χ2n) is 5.34. The Morgan fingerprint density at radius 1 is 1.47 bits per heavy atom. The van der Waals surface area contributed by atoms with E-state index in [1.54, 1.807) is 13.2 Å². The predicted octanol–water partition coefficient (Wildman–Crippen LogP) is 2.59. The number of hydrogen-bond acceptors (Lipinski definition) is 3. The van der Waals surface area contributed by atoms with E-state index in [1.807, 2.05) is 18.2 Å². The van der Waals surface area contributed by atoms with Crippen molar-refractivity contribution in [1.29, 1.82) is 0 Å². The smallest absolute Gasteiger partial charge is 0.306 e. The Hall–Kier alpha value is -1.81. The van der Waals surface area contributed by atoms with Gasteiger partial charge in [0.1, 0.15) is 5.58 Å². The molecule has 1 atom stereocenters. The van der Waals surface area contributed by atoms with Crippen LogP contribution in [0.3, 0.4) is 0 Å². The molecule has 2 heterocycles. The molecule has 2 aromatic rings. The second-order valence-corrected chi connectivity index (χ2v) is 5.34. The maximum absolute atomic E-state index is 10.9. The fraction of sp³-hybridized carbons (Fsp3) is 0.400. The summed E-state index contributed by atoms with van der Waals surface area (Å²) in [6, 6.07) is 7.99. The van der Waals surface area contributed by atoms with Gasteiger partial charge < -0.3 is 9.52 Å². The highest BCUT2D eigenvalue weighted by atomic mass is 16.4. The first-order valence-corrected chi connectivity index (χ1v) is 6.55. The van der Waals surface area contributed by atoms with Crippen molar-refractivity contribution in [2.24, 2.45) is 11.8 Å². The van der Waals surface area contributed by atoms with E-state index in [2.05, 4.69) is 11.0 Å². The predicted molar refractivity (Wildman–Crippen MR) is 71.8 cm³/mol. The molecule has 0 bridgehead atoms. The Labute approximate surface area is 111 Å². The zero-order valence-electron chi connectivity index (χ0n) is 10.9. The molecule has 19 heavy (non-hydrogen) atoms. The third kappa shape index (κ3) is 2.24. The van der Waals surface area contributed by atoms with Gasteiger partial charge in [0.25, 0.3) is 0 Å². The van der Waals surface area contributed by atoms with E-state index >= 15 is 0 Å². The minimum absolute atomic E-state index is 0.252. The molecule has 100 valence electrons. The van der Waals surface area contributed by atoms with Gasteiger partial charge in [-0.15, -0.1) is 0 Å². The molecule has 1 fully saturated rings. The molecular formula is C15H17NO3. The van der Waals surface area contributed by atoms with E-state index in [1.165, 1.54) is 5.56 Å². The highest BCUT2D eigenvalue weighted by Gasteiger charge is 2.34. The molecule has 1 aromatic carbocycles. The lowest BCUT2D eigenvalue weighted by molar-refractivity contribution is -0.145. The summed E-state index contributed by atoms with van der Waals surface area (Å²) in [5.41, 5.74) is 2.09. The standard InChI is InChI=1S/C15H17NO3/c1-10(15(17)18)11-6-16(7-11)8-12-9-19-14-5-3-2-4-13(12)14/h2-5,9-11H,6-8H2,1H3,(H,17,18). The summed E-state index contributed by atoms with van der Waals surface area (Å²) in [5, 5.41) is 10.1. The average molecular weight is 259 g/mol. The number of benzene rings is 1. The molecule has 1 unspecified atom stereocenters. The number of rotatable bonds is 4. The number of fused-ring (bicyclic) bond motifs is 1. The Bertz CT molecular complexity index is 598. The number of carboxylic acids is 1. The van der Waals surface area contributed by atoms with Gasteiger partial charge in [-0.05, 0) is 12.0 Å². The van der Waals surface area contributed by atoms with Crippen molar-refractivity contribution in [3.63, 3.8) is 0 Å². The summed E-state index contributed by atoms with van der Waals surface area (Å²) in [6.07, 6.45) is 1.80. The van der Waals surface area contributed by atoms with Gasteiger partial charge in [0.05, 0.1) is 12.2 Å². The van der Waals surface area contributed by atoms with Crippen LogP contribution >= 0.6 is 0 Å². The number of aliphatic carboxylic acids is 1. The van der Waals surface area contributed by atoms with Gasteiger partial charge in [-0.25, -0.2) is 0 Å². The number of hydrogen-bond donors (Lipinski definition) is 1. The molecule has 0 radical (unpaired) electrons. The van der Waals surface area contributed by atoms with Crippen LogP contribution in [0.2, 0.25) is 0 Å². The quantitative estimate of drug-likeness (QED) is 0.917. The molecule has 4 nitrogen and oxygen atoms in total. The van der Waals surface area contributed by atoms with Crippen molar-refractivity contribution in [3.05, 3.63) is 36.1 Å². The van der Waals surface area contributed by atoms with Crippen LogP contribution in [0.4, 0.5) is 0 Å². The molecule has 1 aliphatic rings. The lowest BCUT2D eigenvalue weighted by Gasteiger charge is -2.41. The first-order valence-electron chi connectivity index (χ1n) is 6.55. The van der Waals surface area contributed by atoms with Crippen LogP contribution < -0.4 is 0 Å². The molecule has 1 aromatic heterocycles. The summed E-state index contributed by atoms with van der Waals surface area (Å²) in [6.45, 7) is 4.33. The minimum atomic E-state index is -0.696. The number of carboxylic acid groups (broad SMARTS) is 1. The minimum Gasteiger partial charge on any atom is -0.481 e. The molecule has 0 saturated carbocycles. The third-order valence-electron chi connectivity index (χ3n) is 4.04. The fourth-order valence-corrected chi connectivity index (χ4v) is 2.65. The molecule has 0 aliphatic carbocycles. The first-order chi connectivity index (χ1) is 9.15. The zero-order valence-corrected chi connectivity index (χ0v) is 10.9. The lowest BCUT2D eigenvalue weighted by Crippen LogP contribution is -2.50. The number of para-hydroxylation sites is 1. The van der Waals surface area contributed by atoms with Crippen molar-refractivity contribution < 1.29 is 14.3 Å². The van der Waals surface area contributed by atoms with E-state index in [4.69, 9.17) is 9.52 Å². The number of likely N-dealkylation sites (tertiary alicyclic amines) is 1. The molecule has 4 heteroatoms. The van der Waals surface area contributed by atoms with Crippen molar-refractivity contribution in [1.82, 2.24) is 4.90 Å². The highest BCUT2D eigenvalue weighted by Crippen LogP contribution is 2.28. The lowest BCUT2D eigenvalue weighted by atomic mass is 9.87. The van der Waals surface area contributed by atoms with Crippen LogP contribution in [-0.4, -0.2) is 29.1 Å². The van der Waals surface area contributed by atoms with Crippen LogP contribution in [0.15, 0.2) is 34.9 Å². The van der Waals surface area contributed by atoms with E-state index in [0.717, 1.165) is 30.6 Å². The van der Waals surface area contributed by atoms with Crippen molar-refractivity contribution in [3.8, 4) is 0 Å². The van der Waals surface area contributed by atoms with Gasteiger partial charge in [0, 0.05) is 30.6 Å². The van der Waals surface area contributed by atoms with Gasteiger partial charge in [-0.1, -0.05) is 25.1 Å². The normalized spacial score (nSPS) is 18.4. The largest absolute Gasteiger partial charge is 0.481 e. The van der Waals surface area contributed by atoms with E-state index in [0.29, 0.717) is 0 Å². The monoisotopic (exact) mass is 259 g/mol. The maximum atomic E-state index is 10.9. The van der Waals surface area contributed by atoms with Gasteiger partial charge in [-0.3, -0.25) is 9.69 Å². The second kappa shape index (κ2) is 4.70. The Kier molecular flexibility index (Phi) is 3.03. The number of carbonyl (C=O) groups is 1. The molecule has 0 spiro atoms. The summed E-state index contributed by atoms with van der Waals surface area (Å²) in [7, 11) is 0. The van der Waals surface area contributed by atoms with Crippen LogP contribution in [-0.2, 0) is 11.3 Å². The highest BCUT2D eigenvalue weighted by molar-refractivity contribution is 5.80. The van der Waals surface area contributed by atoms with Crippen LogP contribution in [0.1, 0.15) is 12.5 Å². The van der Waals surface area contributed by atoms with E-state index < -0.39 is 5.97 Å². The number of furan rings is 1. The van der Waals surface area contributed by atoms with Crippen molar-refractivity contribution in [2.75, 3.05) is 13.1 Å². The Morgan fingerprint density at radius 3 is 2.95 bits per heavy atom. The molecule has 1 N–H and O–H groups in total. The van der Waals surface area contributed by atoms with Crippen molar-refractivity contribution in [2.45, 2.75) is 13.5 Å². The van der Waals surface area contributed by atoms with Crippen LogP contribution in [0.25, 0.3) is 11.0 Å². The van der Waals surface area contributed by atoms with Crippen molar-refractivity contribution >= 4 is 16.9 Å². The average Bonchev–Trinajstić information content (AvgIpc) is 2.75. The Balaban J connectivity index is 1.64. The summed E-state index contributed by atoms with van der Waals surface area (Å²) < 4.78 is 5.51. The molecular weight excluding hydrogens is 242 g/mol. The van der Waals surface area contributed by atoms with Gasteiger partial charge in [0.2, 0.25) is 0 Å². The topological polar surface area (TPSA) is 53.7 Å². The van der Waals surface area contributed by atoms with Gasteiger partial charge in [-0.2, -0.15) is 0 Å². The van der Waals surface area contributed by atoms with Crippen LogP contribution in [0, 0.1) is 11.8 Å². The van der Waals surface area contributed by atoms with E-state index in [-0.39, 0.29) is 11.8 Å². The summed E-state index contributed by atoms with van der Waals surface area (Å²) >= 11 is 0. The van der Waals surface area contributed by atoms with E-state index in [9.17, 15) is 4.79 Å². The fourth-order valence-electron chi connectivity index (χ4n) is 2.65. The first kappa shape index (κ1) is 12.2. The third-order valence-corrected chi connectivity index (χ3v) is 4.04. The summed E-state index contributed by atoms with van der Waals surface area (Å²) in [4.78, 5) is 13.2. The molecule has 0 amide bonds. The van der Waals surface area contributed by atoms with Gasteiger partial charge in [0.15, 0.2) is 0 Å². The van der Waals surface area contributed by atoms with Gasteiger partial charge >= 0.3 is 5.97 Å². The SMILES string of the molecule is CC(C(=O)O)C1CN(Cc2coc3ccccc23)C1. The molecule has 1 aliphatic heterocycles. The Morgan fingerprint density at radius 2 is 2.21 bits per heavy atom. The number of nitrogens with zero attached hydrogens (tertiary/aromatic N) is 1. The zero-order chi connectivity index (χ0) is 13.4. The summed E-state index contributed by atoms with van der Waals surface area (Å²) in [5.74, 6) is -0.675. The molecule has 1 saturated heterocycles. The van der Waals surface area contributed by atoms with Crippen LogP contribution in [0.5, 0.6) is 0 Å².